The van der Waals surface area contributed by atoms with Gasteiger partial charge in [0, 0.05) is 30.4 Å². The largest absolute Gasteiger partial charge is 0.299 e. The van der Waals surface area contributed by atoms with Crippen LogP contribution in [0.1, 0.15) is 72.9 Å². The SMILES string of the molecule is CC(C)c1cc(-c2ccccc2)cc(C(C)C)c1-n1ccnc1-c1ccc(CCc2cccc(CCc3ccc(-n4cccn4)cc3)c2)cc1. The van der Waals surface area contributed by atoms with Crippen molar-refractivity contribution < 1.29 is 0 Å². The number of hydrogen-bond donors (Lipinski definition) is 0. The van der Waals surface area contributed by atoms with Gasteiger partial charge >= 0.3 is 0 Å². The Morgan fingerprint density at radius 1 is 0.500 bits per heavy atom. The maximum atomic E-state index is 4.89. The molecular weight excluding hydrogens is 609 g/mol. The molecular formula is C46H46N4. The average Bonchev–Trinajstić information content (AvgIpc) is 3.87. The van der Waals surface area contributed by atoms with Gasteiger partial charge in [-0.3, -0.25) is 4.57 Å². The quantitative estimate of drug-likeness (QED) is 0.131. The summed E-state index contributed by atoms with van der Waals surface area (Å²) in [4.78, 5) is 4.89. The first-order valence-corrected chi connectivity index (χ1v) is 18.0. The highest BCUT2D eigenvalue weighted by molar-refractivity contribution is 5.71. The average molecular weight is 655 g/mol. The Bertz CT molecular complexity index is 2110. The smallest absolute Gasteiger partial charge is 0.144 e. The molecule has 250 valence electrons. The molecule has 0 unspecified atom stereocenters. The number of aromatic nitrogens is 4. The van der Waals surface area contributed by atoms with Crippen molar-refractivity contribution in [1.29, 1.82) is 0 Å². The highest BCUT2D eigenvalue weighted by Crippen LogP contribution is 2.38. The third-order valence-corrected chi connectivity index (χ3v) is 9.72. The minimum atomic E-state index is 0.363. The molecule has 7 aromatic rings. The topological polar surface area (TPSA) is 35.6 Å². The summed E-state index contributed by atoms with van der Waals surface area (Å²) in [5.74, 6) is 1.71. The van der Waals surface area contributed by atoms with Crippen molar-refractivity contribution in [3.8, 4) is 33.9 Å². The third kappa shape index (κ3) is 7.40. The number of benzene rings is 5. The van der Waals surface area contributed by atoms with Crippen LogP contribution in [0.5, 0.6) is 0 Å². The molecule has 50 heavy (non-hydrogen) atoms. The van der Waals surface area contributed by atoms with Crippen LogP contribution >= 0.6 is 0 Å². The van der Waals surface area contributed by atoms with E-state index in [1.807, 2.05) is 29.3 Å². The lowest BCUT2D eigenvalue weighted by molar-refractivity contribution is 0.807. The lowest BCUT2D eigenvalue weighted by Crippen LogP contribution is -2.08. The van der Waals surface area contributed by atoms with Gasteiger partial charge < -0.3 is 0 Å². The zero-order valence-corrected chi connectivity index (χ0v) is 29.6. The number of nitrogens with zero attached hydrogens (tertiary/aromatic N) is 4. The molecule has 7 rings (SSSR count). The second kappa shape index (κ2) is 15.0. The molecule has 0 amide bonds. The fourth-order valence-electron chi connectivity index (χ4n) is 6.91. The van der Waals surface area contributed by atoms with Gasteiger partial charge in [-0.2, -0.15) is 5.10 Å². The summed E-state index contributed by atoms with van der Waals surface area (Å²) in [5.41, 5.74) is 14.2. The second-order valence-electron chi connectivity index (χ2n) is 13.9. The highest BCUT2D eigenvalue weighted by atomic mass is 15.3. The van der Waals surface area contributed by atoms with Gasteiger partial charge in [0.2, 0.25) is 0 Å². The first kappa shape index (κ1) is 33.0. The van der Waals surface area contributed by atoms with Crippen molar-refractivity contribution in [1.82, 2.24) is 19.3 Å². The molecule has 0 aliphatic heterocycles. The zero-order valence-electron chi connectivity index (χ0n) is 29.6. The van der Waals surface area contributed by atoms with Gasteiger partial charge in [0.25, 0.3) is 0 Å². The lowest BCUT2D eigenvalue weighted by Gasteiger charge is -2.23. The second-order valence-corrected chi connectivity index (χ2v) is 13.9. The van der Waals surface area contributed by atoms with E-state index in [0.717, 1.165) is 42.8 Å². The molecule has 0 fully saturated rings. The van der Waals surface area contributed by atoms with Crippen LogP contribution < -0.4 is 0 Å². The first-order chi connectivity index (χ1) is 24.4. The summed E-state index contributed by atoms with van der Waals surface area (Å²) >= 11 is 0. The van der Waals surface area contributed by atoms with Gasteiger partial charge in [-0.05, 0) is 112 Å². The maximum Gasteiger partial charge on any atom is 0.144 e. The molecule has 0 aliphatic carbocycles. The molecule has 5 aromatic carbocycles. The van der Waals surface area contributed by atoms with Gasteiger partial charge in [-0.1, -0.05) is 119 Å². The van der Waals surface area contributed by atoms with Gasteiger partial charge in [0.05, 0.1) is 11.4 Å². The Morgan fingerprint density at radius 2 is 1.10 bits per heavy atom. The fraction of sp³-hybridized carbons (Fsp3) is 0.217. The molecule has 0 aliphatic rings. The summed E-state index contributed by atoms with van der Waals surface area (Å²) in [6.45, 7) is 9.17. The molecule has 0 saturated heterocycles. The van der Waals surface area contributed by atoms with Crippen LogP contribution in [0.2, 0.25) is 0 Å². The Labute approximate surface area is 297 Å². The lowest BCUT2D eigenvalue weighted by atomic mass is 9.88. The van der Waals surface area contributed by atoms with E-state index >= 15 is 0 Å². The van der Waals surface area contributed by atoms with Crippen LogP contribution in [0.4, 0.5) is 0 Å². The molecule has 0 atom stereocenters. The molecule has 0 saturated carbocycles. The fourth-order valence-corrected chi connectivity index (χ4v) is 6.91. The minimum absolute atomic E-state index is 0.363. The van der Waals surface area contributed by atoms with Crippen molar-refractivity contribution in [2.45, 2.75) is 65.2 Å². The monoisotopic (exact) mass is 654 g/mol. The molecule has 2 aromatic heterocycles. The zero-order chi connectivity index (χ0) is 34.5. The van der Waals surface area contributed by atoms with E-state index in [0.29, 0.717) is 11.8 Å². The van der Waals surface area contributed by atoms with E-state index in [4.69, 9.17) is 4.98 Å². The molecule has 4 nitrogen and oxygen atoms in total. The van der Waals surface area contributed by atoms with Crippen LogP contribution in [-0.2, 0) is 25.7 Å². The summed E-state index contributed by atoms with van der Waals surface area (Å²) in [6.07, 6.45) is 11.9. The van der Waals surface area contributed by atoms with Crippen LogP contribution in [0.3, 0.4) is 0 Å². The number of imidazole rings is 1. The Kier molecular flexibility index (Phi) is 9.89. The van der Waals surface area contributed by atoms with Crippen LogP contribution in [0.25, 0.3) is 33.9 Å². The third-order valence-electron chi connectivity index (χ3n) is 9.72. The van der Waals surface area contributed by atoms with Gasteiger partial charge in [0.15, 0.2) is 0 Å². The predicted octanol–water partition coefficient (Wildman–Crippen LogP) is 11.2. The predicted molar refractivity (Wildman–Crippen MR) is 207 cm³/mol. The van der Waals surface area contributed by atoms with Crippen molar-refractivity contribution in [2.24, 2.45) is 0 Å². The summed E-state index contributed by atoms with van der Waals surface area (Å²) < 4.78 is 4.21. The Morgan fingerprint density at radius 3 is 1.68 bits per heavy atom. The molecule has 0 spiro atoms. The van der Waals surface area contributed by atoms with Gasteiger partial charge in [-0.15, -0.1) is 0 Å². The van der Waals surface area contributed by atoms with Crippen LogP contribution in [0, 0.1) is 0 Å². The summed E-state index contributed by atoms with van der Waals surface area (Å²) in [5, 5.41) is 4.33. The van der Waals surface area contributed by atoms with Crippen molar-refractivity contribution in [2.75, 3.05) is 0 Å². The Hall–Kier alpha value is -5.48. The van der Waals surface area contributed by atoms with E-state index < -0.39 is 0 Å². The minimum Gasteiger partial charge on any atom is -0.299 e. The van der Waals surface area contributed by atoms with Crippen LogP contribution in [0.15, 0.2) is 146 Å². The van der Waals surface area contributed by atoms with Crippen LogP contribution in [-0.4, -0.2) is 19.3 Å². The normalized spacial score (nSPS) is 11.5. The summed E-state index contributed by atoms with van der Waals surface area (Å²) in [6, 6.07) is 44.3. The van der Waals surface area contributed by atoms with Crippen molar-refractivity contribution in [3.63, 3.8) is 0 Å². The molecule has 0 N–H and O–H groups in total. The van der Waals surface area contributed by atoms with E-state index in [2.05, 4.69) is 159 Å². The Balaban J connectivity index is 1.05. The molecule has 2 heterocycles. The van der Waals surface area contributed by atoms with Crippen molar-refractivity contribution >= 4 is 0 Å². The van der Waals surface area contributed by atoms with E-state index in [-0.39, 0.29) is 0 Å². The van der Waals surface area contributed by atoms with Gasteiger partial charge in [0.1, 0.15) is 5.82 Å². The summed E-state index contributed by atoms with van der Waals surface area (Å²) in [7, 11) is 0. The molecule has 0 bridgehead atoms. The first-order valence-electron chi connectivity index (χ1n) is 18.0. The highest BCUT2D eigenvalue weighted by Gasteiger charge is 2.21. The number of rotatable bonds is 12. The van der Waals surface area contributed by atoms with Crippen molar-refractivity contribution in [3.05, 3.63) is 179 Å². The molecule has 0 radical (unpaired) electrons. The molecule has 4 heteroatoms. The van der Waals surface area contributed by atoms with E-state index in [9.17, 15) is 0 Å². The maximum absolute atomic E-state index is 4.89. The standard InChI is InChI=1S/C46H46N4/c1-33(2)43-31-41(39-12-6-5-7-13-39)32-44(34(3)4)45(43)49-29-27-47-46(49)40-22-18-35(19-23-40)14-16-37-10-8-11-38(30-37)17-15-36-20-24-42(25-21-36)50-28-9-26-48-50/h5-13,18-34H,14-17H2,1-4H3. The number of hydrogen-bond acceptors (Lipinski definition) is 2. The van der Waals surface area contributed by atoms with Gasteiger partial charge in [-0.25, -0.2) is 9.67 Å². The number of aryl methyl sites for hydroxylation is 4. The van der Waals surface area contributed by atoms with E-state index in [1.54, 1.807) is 0 Å². The van der Waals surface area contributed by atoms with E-state index in [1.165, 1.54) is 50.2 Å².